The second-order valence-electron chi connectivity index (χ2n) is 7.04. The van der Waals surface area contributed by atoms with Crippen molar-refractivity contribution in [1.82, 2.24) is 4.90 Å². The second kappa shape index (κ2) is 8.41. The van der Waals surface area contributed by atoms with Crippen LogP contribution in [-0.2, 0) is 16.0 Å². The fraction of sp³-hybridized carbons (Fsp3) is 0.765. The van der Waals surface area contributed by atoms with Crippen LogP contribution in [0, 0.1) is 0 Å². The standard InChI is InChI=1S/C17H29NO3S/c1-17(2,3)21-12-15(19)10-18(9-14-6-8-22-13-14)11-16-5-4-7-20-16/h6,8,13,15-16,19H,4-5,7,9-12H2,1-3H3/t15-,16+/m1/s1. The van der Waals surface area contributed by atoms with E-state index < -0.39 is 6.10 Å². The summed E-state index contributed by atoms with van der Waals surface area (Å²) in [5.41, 5.74) is 1.08. The monoisotopic (exact) mass is 327 g/mol. The SMILES string of the molecule is CC(C)(C)OC[C@H](O)CN(Cc1ccsc1)C[C@@H]1CCCO1. The predicted molar refractivity (Wildman–Crippen MR) is 90.3 cm³/mol. The summed E-state index contributed by atoms with van der Waals surface area (Å²) in [6, 6.07) is 2.14. The van der Waals surface area contributed by atoms with E-state index in [-0.39, 0.29) is 5.60 Å². The molecule has 0 aromatic carbocycles. The Labute approximate surface area is 138 Å². The maximum atomic E-state index is 10.3. The number of hydrogen-bond acceptors (Lipinski definition) is 5. The van der Waals surface area contributed by atoms with Gasteiger partial charge in [0.1, 0.15) is 0 Å². The maximum Gasteiger partial charge on any atom is 0.0900 e. The fourth-order valence-electron chi connectivity index (χ4n) is 2.62. The molecule has 1 aromatic rings. The smallest absolute Gasteiger partial charge is 0.0900 e. The highest BCUT2D eigenvalue weighted by Crippen LogP contribution is 2.17. The van der Waals surface area contributed by atoms with Crippen molar-refractivity contribution in [3.8, 4) is 0 Å². The largest absolute Gasteiger partial charge is 0.389 e. The number of aliphatic hydroxyl groups excluding tert-OH is 1. The summed E-state index contributed by atoms with van der Waals surface area (Å²) in [6.45, 7) is 9.62. The van der Waals surface area contributed by atoms with Crippen LogP contribution in [0.1, 0.15) is 39.2 Å². The zero-order chi connectivity index (χ0) is 16.0. The van der Waals surface area contributed by atoms with Crippen molar-refractivity contribution in [2.24, 2.45) is 0 Å². The lowest BCUT2D eigenvalue weighted by Crippen LogP contribution is -2.40. The summed E-state index contributed by atoms with van der Waals surface area (Å²) in [4.78, 5) is 2.29. The van der Waals surface area contributed by atoms with Crippen LogP contribution in [0.4, 0.5) is 0 Å². The van der Waals surface area contributed by atoms with Gasteiger partial charge in [-0.2, -0.15) is 11.3 Å². The zero-order valence-corrected chi connectivity index (χ0v) is 14.8. The van der Waals surface area contributed by atoms with Crippen molar-refractivity contribution in [1.29, 1.82) is 0 Å². The molecule has 0 radical (unpaired) electrons. The molecule has 22 heavy (non-hydrogen) atoms. The second-order valence-corrected chi connectivity index (χ2v) is 7.82. The minimum atomic E-state index is -0.473. The van der Waals surface area contributed by atoms with Crippen LogP contribution in [0.15, 0.2) is 16.8 Å². The Morgan fingerprint density at radius 2 is 2.32 bits per heavy atom. The van der Waals surface area contributed by atoms with Gasteiger partial charge in [-0.3, -0.25) is 4.90 Å². The van der Waals surface area contributed by atoms with Gasteiger partial charge in [0.05, 0.1) is 24.4 Å². The van der Waals surface area contributed by atoms with E-state index in [2.05, 4.69) is 21.7 Å². The third kappa shape index (κ3) is 6.75. The minimum Gasteiger partial charge on any atom is -0.389 e. The van der Waals surface area contributed by atoms with Gasteiger partial charge >= 0.3 is 0 Å². The summed E-state index contributed by atoms with van der Waals surface area (Å²) >= 11 is 1.71. The predicted octanol–water partition coefficient (Wildman–Crippen LogP) is 2.91. The van der Waals surface area contributed by atoms with E-state index in [1.54, 1.807) is 11.3 Å². The molecule has 0 bridgehead atoms. The first-order valence-corrected chi connectivity index (χ1v) is 9.04. The van der Waals surface area contributed by atoms with Crippen molar-refractivity contribution in [3.05, 3.63) is 22.4 Å². The zero-order valence-electron chi connectivity index (χ0n) is 14.0. The van der Waals surface area contributed by atoms with E-state index in [9.17, 15) is 5.11 Å². The normalized spacial score (nSPS) is 20.7. The molecule has 1 saturated heterocycles. The van der Waals surface area contributed by atoms with E-state index in [1.165, 1.54) is 5.56 Å². The lowest BCUT2D eigenvalue weighted by Gasteiger charge is -2.28. The first-order chi connectivity index (χ1) is 10.4. The first kappa shape index (κ1) is 17.9. The summed E-state index contributed by atoms with van der Waals surface area (Å²) in [5, 5.41) is 14.5. The van der Waals surface area contributed by atoms with Crippen molar-refractivity contribution in [3.63, 3.8) is 0 Å². The van der Waals surface area contributed by atoms with Crippen LogP contribution in [0.2, 0.25) is 0 Å². The molecule has 1 aliphatic rings. The minimum absolute atomic E-state index is 0.215. The van der Waals surface area contributed by atoms with Crippen LogP contribution in [-0.4, -0.2) is 54.1 Å². The summed E-state index contributed by atoms with van der Waals surface area (Å²) in [6.07, 6.45) is 2.09. The Balaban J connectivity index is 1.85. The molecule has 0 unspecified atom stereocenters. The summed E-state index contributed by atoms with van der Waals surface area (Å²) < 4.78 is 11.4. The van der Waals surface area contributed by atoms with Crippen molar-refractivity contribution in [2.75, 3.05) is 26.3 Å². The highest BCUT2D eigenvalue weighted by atomic mass is 32.1. The molecule has 0 amide bonds. The van der Waals surface area contributed by atoms with Gasteiger partial charge in [-0.25, -0.2) is 0 Å². The topological polar surface area (TPSA) is 41.9 Å². The molecule has 2 heterocycles. The molecule has 4 nitrogen and oxygen atoms in total. The number of thiophene rings is 1. The molecule has 1 aromatic heterocycles. The molecule has 5 heteroatoms. The van der Waals surface area contributed by atoms with E-state index in [0.717, 1.165) is 32.5 Å². The van der Waals surface area contributed by atoms with Gasteiger partial charge < -0.3 is 14.6 Å². The van der Waals surface area contributed by atoms with Gasteiger partial charge in [-0.15, -0.1) is 0 Å². The van der Waals surface area contributed by atoms with Crippen molar-refractivity contribution in [2.45, 2.75) is 58.0 Å². The Morgan fingerprint density at radius 1 is 1.50 bits per heavy atom. The Kier molecular flexibility index (Phi) is 6.84. The molecule has 1 N–H and O–H groups in total. The van der Waals surface area contributed by atoms with Gasteiger partial charge in [0.15, 0.2) is 0 Å². The van der Waals surface area contributed by atoms with Crippen LogP contribution in [0.3, 0.4) is 0 Å². The molecule has 0 spiro atoms. The quantitative estimate of drug-likeness (QED) is 0.797. The van der Waals surface area contributed by atoms with Gasteiger partial charge in [-0.1, -0.05) is 0 Å². The van der Waals surface area contributed by atoms with Gasteiger partial charge in [-0.05, 0) is 56.0 Å². The van der Waals surface area contributed by atoms with E-state index in [1.807, 2.05) is 20.8 Å². The molecule has 1 fully saturated rings. The van der Waals surface area contributed by atoms with Gasteiger partial charge in [0.25, 0.3) is 0 Å². The van der Waals surface area contributed by atoms with Crippen LogP contribution in [0.25, 0.3) is 0 Å². The highest BCUT2D eigenvalue weighted by molar-refractivity contribution is 7.07. The number of rotatable bonds is 8. The lowest BCUT2D eigenvalue weighted by molar-refractivity contribution is -0.0594. The lowest BCUT2D eigenvalue weighted by atomic mass is 10.2. The van der Waals surface area contributed by atoms with Crippen LogP contribution in [0.5, 0.6) is 0 Å². The Morgan fingerprint density at radius 3 is 2.91 bits per heavy atom. The van der Waals surface area contributed by atoms with Gasteiger partial charge in [0, 0.05) is 26.2 Å². The first-order valence-electron chi connectivity index (χ1n) is 8.09. The van der Waals surface area contributed by atoms with Crippen molar-refractivity contribution >= 4 is 11.3 Å². The fourth-order valence-corrected chi connectivity index (χ4v) is 3.28. The molecular formula is C17H29NO3S. The molecule has 1 aliphatic heterocycles. The third-order valence-corrected chi connectivity index (χ3v) is 4.38. The third-order valence-electron chi connectivity index (χ3n) is 3.65. The van der Waals surface area contributed by atoms with Gasteiger partial charge in [0.2, 0.25) is 0 Å². The number of aliphatic hydroxyl groups is 1. The Hall–Kier alpha value is -0.460. The number of nitrogens with zero attached hydrogens (tertiary/aromatic N) is 1. The van der Waals surface area contributed by atoms with Crippen LogP contribution < -0.4 is 0 Å². The maximum absolute atomic E-state index is 10.3. The van der Waals surface area contributed by atoms with E-state index in [4.69, 9.17) is 9.47 Å². The summed E-state index contributed by atoms with van der Waals surface area (Å²) in [5.74, 6) is 0. The van der Waals surface area contributed by atoms with E-state index in [0.29, 0.717) is 19.3 Å². The molecule has 0 saturated carbocycles. The van der Waals surface area contributed by atoms with E-state index >= 15 is 0 Å². The highest BCUT2D eigenvalue weighted by Gasteiger charge is 2.22. The molecular weight excluding hydrogens is 298 g/mol. The number of hydrogen-bond donors (Lipinski definition) is 1. The molecule has 0 aliphatic carbocycles. The summed E-state index contributed by atoms with van der Waals surface area (Å²) in [7, 11) is 0. The molecule has 2 rings (SSSR count). The van der Waals surface area contributed by atoms with Crippen molar-refractivity contribution < 1.29 is 14.6 Å². The Bertz CT molecular complexity index is 410. The number of ether oxygens (including phenoxy) is 2. The average Bonchev–Trinajstić information content (AvgIpc) is 3.09. The molecule has 2 atom stereocenters. The average molecular weight is 327 g/mol. The molecule has 126 valence electrons. The van der Waals surface area contributed by atoms with Crippen LogP contribution >= 0.6 is 11.3 Å².